The summed E-state index contributed by atoms with van der Waals surface area (Å²) in [5.41, 5.74) is 1.93. The number of carbonyl (C=O) groups excluding carboxylic acids is 1. The van der Waals surface area contributed by atoms with Crippen molar-refractivity contribution < 1.29 is 22.0 Å². The average molecular weight is 437 g/mol. The van der Waals surface area contributed by atoms with Crippen molar-refractivity contribution in [1.82, 2.24) is 4.31 Å². The van der Waals surface area contributed by atoms with Crippen LogP contribution in [0.15, 0.2) is 47.4 Å². The summed E-state index contributed by atoms with van der Waals surface area (Å²) in [6.07, 6.45) is 3.88. The van der Waals surface area contributed by atoms with Gasteiger partial charge in [-0.15, -0.1) is 0 Å². The normalized spacial score (nSPS) is 15.8. The van der Waals surface area contributed by atoms with Gasteiger partial charge in [-0.1, -0.05) is 25.5 Å². The highest BCUT2D eigenvalue weighted by Crippen LogP contribution is 2.26. The Labute approximate surface area is 176 Å². The summed E-state index contributed by atoms with van der Waals surface area (Å²) >= 11 is 0. The molecule has 0 spiro atoms. The molecule has 30 heavy (non-hydrogen) atoms. The number of benzene rings is 2. The predicted octanol–water partition coefficient (Wildman–Crippen LogP) is 4.35. The maximum absolute atomic E-state index is 13.9. The average Bonchev–Trinajstić information content (AvgIpc) is 2.75. The van der Waals surface area contributed by atoms with Crippen LogP contribution in [-0.2, 0) is 21.2 Å². The fourth-order valence-corrected chi connectivity index (χ4v) is 5.10. The van der Waals surface area contributed by atoms with Crippen LogP contribution in [0.1, 0.15) is 38.2 Å². The van der Waals surface area contributed by atoms with Gasteiger partial charge in [-0.3, -0.25) is 4.79 Å². The summed E-state index contributed by atoms with van der Waals surface area (Å²) in [5, 5.41) is 2.88. The third-order valence-electron chi connectivity index (χ3n) is 5.38. The maximum atomic E-state index is 13.9. The quantitative estimate of drug-likeness (QED) is 0.702. The van der Waals surface area contributed by atoms with Crippen LogP contribution in [0.3, 0.4) is 0 Å². The minimum Gasteiger partial charge on any atom is -0.326 e. The minimum atomic E-state index is -4.15. The fourth-order valence-electron chi connectivity index (χ4n) is 3.55. The molecular weight excluding hydrogens is 410 g/mol. The van der Waals surface area contributed by atoms with Gasteiger partial charge < -0.3 is 5.32 Å². The molecule has 0 radical (unpaired) electrons. The Bertz CT molecular complexity index is 986. The van der Waals surface area contributed by atoms with E-state index >= 15 is 0 Å². The lowest BCUT2D eigenvalue weighted by Crippen LogP contribution is -2.41. The van der Waals surface area contributed by atoms with Crippen LogP contribution in [0.25, 0.3) is 0 Å². The number of aryl methyl sites for hydroxylation is 1. The number of halogens is 2. The summed E-state index contributed by atoms with van der Waals surface area (Å²) in [5.74, 6) is -2.30. The molecule has 3 rings (SSSR count). The number of unbranched alkanes of at least 4 members (excludes halogenated alkanes) is 1. The first-order valence-electron chi connectivity index (χ1n) is 10.2. The van der Waals surface area contributed by atoms with Crippen molar-refractivity contribution >= 4 is 21.6 Å². The second-order valence-electron chi connectivity index (χ2n) is 7.54. The summed E-state index contributed by atoms with van der Waals surface area (Å²) in [7, 11) is -4.15. The number of piperidine rings is 1. The number of nitrogens with zero attached hydrogens (tertiary/aromatic N) is 1. The molecular formula is C22H26F2N2O3S. The molecule has 2 aromatic carbocycles. The molecule has 1 N–H and O–H groups in total. The van der Waals surface area contributed by atoms with Crippen LogP contribution in [0.5, 0.6) is 0 Å². The Morgan fingerprint density at radius 3 is 2.40 bits per heavy atom. The molecule has 5 nitrogen and oxygen atoms in total. The van der Waals surface area contributed by atoms with Gasteiger partial charge in [0.05, 0.1) is 0 Å². The summed E-state index contributed by atoms with van der Waals surface area (Å²) in [6.45, 7) is 2.29. The first-order chi connectivity index (χ1) is 14.3. The molecule has 2 aromatic rings. The standard InChI is InChI=1S/C22H26F2N2O3S/c1-2-3-4-16-5-8-19(9-6-16)25-22(27)17-11-13-26(14-12-17)30(28,29)21-15-18(23)7-10-20(21)24/h5-10,15,17H,2-4,11-14H2,1H3,(H,25,27). The molecule has 0 bridgehead atoms. The van der Waals surface area contributed by atoms with Gasteiger partial charge >= 0.3 is 0 Å². The van der Waals surface area contributed by atoms with Gasteiger partial charge in [-0.25, -0.2) is 17.2 Å². The lowest BCUT2D eigenvalue weighted by Gasteiger charge is -2.30. The number of hydrogen-bond donors (Lipinski definition) is 1. The number of rotatable bonds is 7. The molecule has 0 aromatic heterocycles. The van der Waals surface area contributed by atoms with E-state index in [0.717, 1.165) is 35.7 Å². The molecule has 1 aliphatic heterocycles. The second-order valence-corrected chi connectivity index (χ2v) is 9.45. The van der Waals surface area contributed by atoms with Crippen LogP contribution in [0.2, 0.25) is 0 Å². The Morgan fingerprint density at radius 2 is 1.77 bits per heavy atom. The molecule has 0 aliphatic carbocycles. The minimum absolute atomic E-state index is 0.0757. The fraction of sp³-hybridized carbons (Fsp3) is 0.409. The Morgan fingerprint density at radius 1 is 1.10 bits per heavy atom. The topological polar surface area (TPSA) is 66.5 Å². The largest absolute Gasteiger partial charge is 0.326 e. The maximum Gasteiger partial charge on any atom is 0.246 e. The lowest BCUT2D eigenvalue weighted by atomic mass is 9.97. The van der Waals surface area contributed by atoms with Crippen LogP contribution in [-0.4, -0.2) is 31.7 Å². The number of nitrogens with one attached hydrogen (secondary N) is 1. The molecule has 1 amide bonds. The van der Waals surface area contributed by atoms with Crippen LogP contribution in [0.4, 0.5) is 14.5 Å². The van der Waals surface area contributed by atoms with E-state index in [1.165, 1.54) is 5.56 Å². The van der Waals surface area contributed by atoms with Crippen molar-refractivity contribution in [3.8, 4) is 0 Å². The van der Waals surface area contributed by atoms with E-state index in [0.29, 0.717) is 24.6 Å². The van der Waals surface area contributed by atoms with Crippen molar-refractivity contribution in [3.63, 3.8) is 0 Å². The number of anilines is 1. The number of amides is 1. The molecule has 8 heteroatoms. The van der Waals surface area contributed by atoms with Crippen molar-refractivity contribution in [2.75, 3.05) is 18.4 Å². The molecule has 0 unspecified atom stereocenters. The number of sulfonamides is 1. The highest BCUT2D eigenvalue weighted by molar-refractivity contribution is 7.89. The highest BCUT2D eigenvalue weighted by atomic mass is 32.2. The van der Waals surface area contributed by atoms with Gasteiger partial charge in [0, 0.05) is 24.7 Å². The van der Waals surface area contributed by atoms with Gasteiger partial charge in [-0.05, 0) is 61.6 Å². The van der Waals surface area contributed by atoms with E-state index in [1.54, 1.807) is 0 Å². The highest BCUT2D eigenvalue weighted by Gasteiger charge is 2.33. The van der Waals surface area contributed by atoms with E-state index in [2.05, 4.69) is 12.2 Å². The van der Waals surface area contributed by atoms with Gasteiger partial charge in [0.25, 0.3) is 0 Å². The molecule has 0 atom stereocenters. The third kappa shape index (κ3) is 5.23. The van der Waals surface area contributed by atoms with Gasteiger partial charge in [0.15, 0.2) is 0 Å². The van der Waals surface area contributed by atoms with Crippen LogP contribution < -0.4 is 5.32 Å². The first-order valence-corrected chi connectivity index (χ1v) is 11.6. The van der Waals surface area contributed by atoms with Crippen LogP contribution in [0, 0.1) is 17.6 Å². The first kappa shape index (κ1) is 22.4. The summed E-state index contributed by atoms with van der Waals surface area (Å²) in [4.78, 5) is 11.9. The van der Waals surface area contributed by atoms with Crippen molar-refractivity contribution in [3.05, 3.63) is 59.7 Å². The SMILES string of the molecule is CCCCc1ccc(NC(=O)C2CCN(S(=O)(=O)c3cc(F)ccc3F)CC2)cc1. The van der Waals surface area contributed by atoms with Gasteiger partial charge in [0.2, 0.25) is 15.9 Å². The van der Waals surface area contributed by atoms with E-state index in [1.807, 2.05) is 24.3 Å². The number of hydrogen-bond acceptors (Lipinski definition) is 3. The zero-order valence-electron chi connectivity index (χ0n) is 16.9. The van der Waals surface area contributed by atoms with E-state index in [-0.39, 0.29) is 24.9 Å². The third-order valence-corrected chi connectivity index (χ3v) is 7.29. The Kier molecular flexibility index (Phi) is 7.20. The monoisotopic (exact) mass is 436 g/mol. The van der Waals surface area contributed by atoms with E-state index < -0.39 is 26.6 Å². The van der Waals surface area contributed by atoms with Crippen molar-refractivity contribution in [1.29, 1.82) is 0 Å². The van der Waals surface area contributed by atoms with E-state index in [4.69, 9.17) is 0 Å². The zero-order chi connectivity index (χ0) is 21.7. The second kappa shape index (κ2) is 9.66. The lowest BCUT2D eigenvalue weighted by molar-refractivity contribution is -0.120. The van der Waals surface area contributed by atoms with E-state index in [9.17, 15) is 22.0 Å². The summed E-state index contributed by atoms with van der Waals surface area (Å²) in [6, 6.07) is 10.1. The van der Waals surface area contributed by atoms with Crippen LogP contribution >= 0.6 is 0 Å². The Hall–Kier alpha value is -2.32. The molecule has 1 aliphatic rings. The molecule has 0 saturated carbocycles. The van der Waals surface area contributed by atoms with Gasteiger partial charge in [-0.2, -0.15) is 4.31 Å². The predicted molar refractivity (Wildman–Crippen MR) is 112 cm³/mol. The smallest absolute Gasteiger partial charge is 0.246 e. The zero-order valence-corrected chi connectivity index (χ0v) is 17.7. The molecule has 1 heterocycles. The Balaban J connectivity index is 1.58. The molecule has 1 fully saturated rings. The molecule has 1 saturated heterocycles. The van der Waals surface area contributed by atoms with Gasteiger partial charge in [0.1, 0.15) is 16.5 Å². The molecule has 162 valence electrons. The van der Waals surface area contributed by atoms with Crippen molar-refractivity contribution in [2.45, 2.75) is 43.9 Å². The van der Waals surface area contributed by atoms with Crippen molar-refractivity contribution in [2.24, 2.45) is 5.92 Å². The summed E-state index contributed by atoms with van der Waals surface area (Å²) < 4.78 is 53.7. The number of carbonyl (C=O) groups is 1.